The van der Waals surface area contributed by atoms with Crippen LogP contribution < -0.4 is 19.5 Å². The Kier molecular flexibility index (Phi) is 7.91. The van der Waals surface area contributed by atoms with Crippen LogP contribution in [0.25, 0.3) is 11.3 Å². The second-order valence-electron chi connectivity index (χ2n) is 6.93. The van der Waals surface area contributed by atoms with Crippen LogP contribution in [0.15, 0.2) is 18.2 Å². The Morgan fingerprint density at radius 3 is 2.36 bits per heavy atom. The molecule has 0 saturated heterocycles. The Morgan fingerprint density at radius 2 is 1.79 bits per heavy atom. The van der Waals surface area contributed by atoms with Crippen molar-refractivity contribution in [3.05, 3.63) is 23.9 Å². The molecule has 6 heteroatoms. The van der Waals surface area contributed by atoms with E-state index in [0.717, 1.165) is 41.3 Å². The van der Waals surface area contributed by atoms with Crippen LogP contribution in [0.2, 0.25) is 0 Å². The van der Waals surface area contributed by atoms with Gasteiger partial charge in [-0.2, -0.15) is 0 Å². The van der Waals surface area contributed by atoms with Crippen LogP contribution >= 0.6 is 0 Å². The molecule has 1 heterocycles. The highest BCUT2D eigenvalue weighted by atomic mass is 16.5. The number of hydrogen-bond acceptors (Lipinski definition) is 6. The molecule has 0 aliphatic rings. The maximum atomic E-state index is 6.04. The van der Waals surface area contributed by atoms with Crippen LogP contribution in [0.4, 0.5) is 5.82 Å². The first-order valence-corrected chi connectivity index (χ1v) is 10.1. The van der Waals surface area contributed by atoms with E-state index < -0.39 is 0 Å². The first-order chi connectivity index (χ1) is 13.4. The van der Waals surface area contributed by atoms with E-state index in [1.165, 1.54) is 0 Å². The number of benzene rings is 1. The third-order valence-electron chi connectivity index (χ3n) is 4.44. The molecule has 1 aromatic heterocycles. The highest BCUT2D eigenvalue weighted by Crippen LogP contribution is 2.36. The fraction of sp³-hybridized carbons (Fsp3) is 0.545. The number of nitrogens with zero attached hydrogens (tertiary/aromatic N) is 2. The summed E-state index contributed by atoms with van der Waals surface area (Å²) >= 11 is 0. The van der Waals surface area contributed by atoms with Gasteiger partial charge in [0.1, 0.15) is 11.5 Å². The summed E-state index contributed by atoms with van der Waals surface area (Å²) in [5.74, 6) is 2.65. The molecular formula is C22H33N3O3. The zero-order chi connectivity index (χ0) is 20.7. The van der Waals surface area contributed by atoms with Crippen LogP contribution in [-0.2, 0) is 0 Å². The average molecular weight is 388 g/mol. The monoisotopic (exact) mass is 387 g/mol. The highest BCUT2D eigenvalue weighted by Gasteiger charge is 2.19. The molecule has 154 valence electrons. The van der Waals surface area contributed by atoms with Gasteiger partial charge in [-0.15, -0.1) is 0 Å². The summed E-state index contributed by atoms with van der Waals surface area (Å²) in [6.07, 6.45) is 2.04. The molecule has 0 radical (unpaired) electrons. The number of hydrogen-bond donors (Lipinski definition) is 1. The summed E-state index contributed by atoms with van der Waals surface area (Å²) in [5.41, 5.74) is 2.42. The first-order valence-electron chi connectivity index (χ1n) is 10.1. The van der Waals surface area contributed by atoms with Gasteiger partial charge in [-0.3, -0.25) is 0 Å². The summed E-state index contributed by atoms with van der Waals surface area (Å²) in [4.78, 5) is 9.51. The van der Waals surface area contributed by atoms with Gasteiger partial charge in [0.25, 0.3) is 5.88 Å². The largest absolute Gasteiger partial charge is 0.494 e. The van der Waals surface area contributed by atoms with Gasteiger partial charge < -0.3 is 19.5 Å². The normalized spacial score (nSPS) is 11.0. The molecule has 1 N–H and O–H groups in total. The third kappa shape index (κ3) is 5.27. The zero-order valence-corrected chi connectivity index (χ0v) is 18.1. The van der Waals surface area contributed by atoms with Gasteiger partial charge in [0.15, 0.2) is 5.82 Å². The number of anilines is 1. The van der Waals surface area contributed by atoms with E-state index in [-0.39, 0.29) is 6.10 Å². The van der Waals surface area contributed by atoms with Crippen molar-refractivity contribution in [3.63, 3.8) is 0 Å². The standard InChI is InChI=1S/C22H33N3O3/c1-8-16(9-2)24-21-22(26-7)25-20(15(6)23-21)18-12-11-17(27-10-3)13-19(18)28-14(4)5/h11-14,16H,8-10H2,1-7H3,(H,23,24). The van der Waals surface area contributed by atoms with Crippen LogP contribution in [0.5, 0.6) is 17.4 Å². The lowest BCUT2D eigenvalue weighted by Crippen LogP contribution is -2.19. The number of aromatic nitrogens is 2. The van der Waals surface area contributed by atoms with Crippen molar-refractivity contribution < 1.29 is 14.2 Å². The molecule has 0 spiro atoms. The minimum absolute atomic E-state index is 0.0293. The van der Waals surface area contributed by atoms with Gasteiger partial charge in [-0.05, 0) is 52.7 Å². The molecule has 0 bridgehead atoms. The van der Waals surface area contributed by atoms with Crippen molar-refractivity contribution >= 4 is 5.82 Å². The molecule has 1 aromatic carbocycles. The molecule has 2 aromatic rings. The number of methoxy groups -OCH3 is 1. The Balaban J connectivity index is 2.51. The van der Waals surface area contributed by atoms with Crippen LogP contribution in [0.3, 0.4) is 0 Å². The molecule has 0 aliphatic carbocycles. The number of rotatable bonds is 10. The molecule has 0 unspecified atom stereocenters. The molecule has 0 fully saturated rings. The summed E-state index contributed by atoms with van der Waals surface area (Å²) in [7, 11) is 1.62. The first kappa shape index (κ1) is 21.8. The Hall–Kier alpha value is -2.50. The maximum Gasteiger partial charge on any atom is 0.257 e. The van der Waals surface area contributed by atoms with Gasteiger partial charge in [-0.25, -0.2) is 9.97 Å². The van der Waals surface area contributed by atoms with E-state index in [2.05, 4.69) is 19.2 Å². The molecule has 2 rings (SSSR count). The Bertz CT molecular complexity index is 774. The Morgan fingerprint density at radius 1 is 1.07 bits per heavy atom. The van der Waals surface area contributed by atoms with Crippen molar-refractivity contribution in [2.75, 3.05) is 19.0 Å². The van der Waals surface area contributed by atoms with Crippen molar-refractivity contribution in [3.8, 4) is 28.6 Å². The summed E-state index contributed by atoms with van der Waals surface area (Å²) in [6.45, 7) is 12.8. The van der Waals surface area contributed by atoms with E-state index in [9.17, 15) is 0 Å². The third-order valence-corrected chi connectivity index (χ3v) is 4.44. The van der Waals surface area contributed by atoms with Crippen molar-refractivity contribution in [2.24, 2.45) is 0 Å². The van der Waals surface area contributed by atoms with Crippen LogP contribution in [0.1, 0.15) is 53.2 Å². The number of ether oxygens (including phenoxy) is 3. The molecule has 0 aliphatic heterocycles. The predicted octanol–water partition coefficient (Wildman–Crippen LogP) is 5.25. The highest BCUT2D eigenvalue weighted by molar-refractivity contribution is 5.72. The summed E-state index contributed by atoms with van der Waals surface area (Å²) in [6, 6.07) is 6.13. The second-order valence-corrected chi connectivity index (χ2v) is 6.93. The van der Waals surface area contributed by atoms with Crippen LogP contribution in [0, 0.1) is 6.92 Å². The maximum absolute atomic E-state index is 6.04. The Labute approximate surface area is 168 Å². The van der Waals surface area contributed by atoms with Gasteiger partial charge in [0, 0.05) is 17.7 Å². The SMILES string of the molecule is CCOc1ccc(-c2nc(OC)c(NC(CC)CC)nc2C)c(OC(C)C)c1. The van der Waals surface area contributed by atoms with E-state index in [0.29, 0.717) is 24.3 Å². The fourth-order valence-electron chi connectivity index (χ4n) is 2.99. The average Bonchev–Trinajstić information content (AvgIpc) is 2.66. The number of aryl methyl sites for hydroxylation is 1. The smallest absolute Gasteiger partial charge is 0.257 e. The van der Waals surface area contributed by atoms with Crippen molar-refractivity contribution in [1.82, 2.24) is 9.97 Å². The van der Waals surface area contributed by atoms with Gasteiger partial charge in [0.05, 0.1) is 31.2 Å². The molecule has 0 atom stereocenters. The molecule has 0 amide bonds. The molecular weight excluding hydrogens is 354 g/mol. The van der Waals surface area contributed by atoms with Crippen LogP contribution in [-0.4, -0.2) is 35.8 Å². The van der Waals surface area contributed by atoms with E-state index in [4.69, 9.17) is 24.2 Å². The zero-order valence-electron chi connectivity index (χ0n) is 18.1. The minimum atomic E-state index is 0.0293. The summed E-state index contributed by atoms with van der Waals surface area (Å²) < 4.78 is 17.2. The predicted molar refractivity (Wildman–Crippen MR) is 114 cm³/mol. The lowest BCUT2D eigenvalue weighted by atomic mass is 10.1. The van der Waals surface area contributed by atoms with Crippen molar-refractivity contribution in [2.45, 2.75) is 66.5 Å². The van der Waals surface area contributed by atoms with E-state index >= 15 is 0 Å². The fourth-order valence-corrected chi connectivity index (χ4v) is 2.99. The van der Waals surface area contributed by atoms with Gasteiger partial charge >= 0.3 is 0 Å². The van der Waals surface area contributed by atoms with Crippen molar-refractivity contribution in [1.29, 1.82) is 0 Å². The topological polar surface area (TPSA) is 65.5 Å². The summed E-state index contributed by atoms with van der Waals surface area (Å²) in [5, 5.41) is 3.44. The van der Waals surface area contributed by atoms with E-state index in [1.807, 2.05) is 45.9 Å². The molecule has 0 saturated carbocycles. The lowest BCUT2D eigenvalue weighted by Gasteiger charge is -2.20. The minimum Gasteiger partial charge on any atom is -0.494 e. The van der Waals surface area contributed by atoms with E-state index in [1.54, 1.807) is 7.11 Å². The number of nitrogens with one attached hydrogen (secondary N) is 1. The second kappa shape index (κ2) is 10.2. The van der Waals surface area contributed by atoms with Gasteiger partial charge in [0.2, 0.25) is 0 Å². The lowest BCUT2D eigenvalue weighted by molar-refractivity contribution is 0.241. The quantitative estimate of drug-likeness (QED) is 0.601. The van der Waals surface area contributed by atoms with Gasteiger partial charge in [-0.1, -0.05) is 13.8 Å². The molecule has 28 heavy (non-hydrogen) atoms. The molecule has 6 nitrogen and oxygen atoms in total.